The molecule has 0 aliphatic carbocycles. The molecular weight excluding hydrogens is 304 g/mol. The maximum atomic E-state index is 11.6. The fourth-order valence-corrected chi connectivity index (χ4v) is 2.28. The fourth-order valence-electron chi connectivity index (χ4n) is 2.28. The molecule has 0 spiro atoms. The van der Waals surface area contributed by atoms with Gasteiger partial charge >= 0.3 is 0 Å². The molecule has 0 N–H and O–H groups in total. The van der Waals surface area contributed by atoms with Crippen LogP contribution < -0.4 is 4.74 Å². The zero-order valence-electron chi connectivity index (χ0n) is 13.6. The average molecular weight is 322 g/mol. The third-order valence-electron chi connectivity index (χ3n) is 3.64. The maximum absolute atomic E-state index is 11.6. The Labute approximate surface area is 140 Å². The number of carbonyl (C=O) groups excluding carboxylic acids is 1. The minimum absolute atomic E-state index is 0.111. The van der Waals surface area contributed by atoms with Crippen LogP contribution in [0, 0.1) is 0 Å². The van der Waals surface area contributed by atoms with Crippen molar-refractivity contribution in [2.75, 3.05) is 0 Å². The van der Waals surface area contributed by atoms with Crippen LogP contribution in [0.5, 0.6) is 5.75 Å². The number of benzene rings is 2. The molecule has 5 nitrogen and oxygen atoms in total. The third-order valence-corrected chi connectivity index (χ3v) is 3.64. The Morgan fingerprint density at radius 2 is 1.83 bits per heavy atom. The first-order valence-corrected chi connectivity index (χ1v) is 7.86. The topological polar surface area (TPSA) is 65.2 Å². The first kappa shape index (κ1) is 15.9. The van der Waals surface area contributed by atoms with E-state index in [1.165, 1.54) is 0 Å². The lowest BCUT2D eigenvalue weighted by atomic mass is 10.1. The summed E-state index contributed by atoms with van der Waals surface area (Å²) in [5, 5.41) is 3.98. The van der Waals surface area contributed by atoms with E-state index in [-0.39, 0.29) is 11.9 Å². The zero-order valence-corrected chi connectivity index (χ0v) is 13.6. The average Bonchev–Trinajstić information content (AvgIpc) is 3.13. The molecule has 3 aromatic rings. The molecule has 0 saturated carbocycles. The summed E-state index contributed by atoms with van der Waals surface area (Å²) < 4.78 is 11.1. The van der Waals surface area contributed by atoms with Gasteiger partial charge in [-0.1, -0.05) is 30.3 Å². The molecule has 0 aliphatic rings. The molecule has 0 unspecified atom stereocenters. The molecule has 2 aromatic carbocycles. The lowest BCUT2D eigenvalue weighted by Crippen LogP contribution is -2.05. The zero-order chi connectivity index (χ0) is 16.9. The molecule has 0 fully saturated rings. The van der Waals surface area contributed by atoms with Crippen LogP contribution in [0.2, 0.25) is 0 Å². The SMILES string of the molecule is CCC(=O)c1ccc(O[C@@H](C)c2noc(-c3ccccc3)n2)cc1. The summed E-state index contributed by atoms with van der Waals surface area (Å²) >= 11 is 0. The van der Waals surface area contributed by atoms with E-state index < -0.39 is 0 Å². The Morgan fingerprint density at radius 3 is 2.50 bits per heavy atom. The summed E-state index contributed by atoms with van der Waals surface area (Å²) in [4.78, 5) is 16.0. The number of nitrogens with zero attached hydrogens (tertiary/aromatic N) is 2. The van der Waals surface area contributed by atoms with E-state index >= 15 is 0 Å². The number of aromatic nitrogens is 2. The van der Waals surface area contributed by atoms with Gasteiger partial charge in [0, 0.05) is 17.5 Å². The molecule has 122 valence electrons. The number of hydrogen-bond donors (Lipinski definition) is 0. The van der Waals surface area contributed by atoms with Gasteiger partial charge in [-0.05, 0) is 43.3 Å². The maximum Gasteiger partial charge on any atom is 0.258 e. The first-order chi connectivity index (χ1) is 11.7. The lowest BCUT2D eigenvalue weighted by molar-refractivity contribution is 0.0988. The summed E-state index contributed by atoms with van der Waals surface area (Å²) in [6, 6.07) is 16.7. The van der Waals surface area contributed by atoms with E-state index in [2.05, 4.69) is 10.1 Å². The van der Waals surface area contributed by atoms with E-state index in [1.807, 2.05) is 44.2 Å². The predicted octanol–water partition coefficient (Wildman–Crippen LogP) is 4.47. The van der Waals surface area contributed by atoms with Gasteiger partial charge in [-0.15, -0.1) is 0 Å². The van der Waals surface area contributed by atoms with Crippen molar-refractivity contribution < 1.29 is 14.1 Å². The van der Waals surface area contributed by atoms with Gasteiger partial charge in [0.05, 0.1) is 0 Å². The van der Waals surface area contributed by atoms with Gasteiger partial charge in [-0.25, -0.2) is 0 Å². The van der Waals surface area contributed by atoms with Crippen molar-refractivity contribution >= 4 is 5.78 Å². The van der Waals surface area contributed by atoms with Crippen LogP contribution in [0.4, 0.5) is 0 Å². The van der Waals surface area contributed by atoms with Crippen molar-refractivity contribution in [3.05, 3.63) is 66.0 Å². The second kappa shape index (κ2) is 7.08. The van der Waals surface area contributed by atoms with E-state index in [1.54, 1.807) is 24.3 Å². The van der Waals surface area contributed by atoms with Gasteiger partial charge in [0.25, 0.3) is 5.89 Å². The normalized spacial score (nSPS) is 11.9. The third kappa shape index (κ3) is 3.51. The van der Waals surface area contributed by atoms with Crippen molar-refractivity contribution in [1.82, 2.24) is 10.1 Å². The molecule has 5 heteroatoms. The minimum Gasteiger partial charge on any atom is -0.483 e. The Kier molecular flexibility index (Phi) is 4.70. The van der Waals surface area contributed by atoms with Gasteiger partial charge < -0.3 is 9.26 Å². The first-order valence-electron chi connectivity index (χ1n) is 7.86. The fraction of sp³-hybridized carbons (Fsp3) is 0.211. The van der Waals surface area contributed by atoms with Crippen molar-refractivity contribution in [3.63, 3.8) is 0 Å². The minimum atomic E-state index is -0.362. The highest BCUT2D eigenvalue weighted by Crippen LogP contribution is 2.23. The van der Waals surface area contributed by atoms with Crippen LogP contribution in [0.25, 0.3) is 11.5 Å². The second-order valence-corrected chi connectivity index (χ2v) is 5.38. The lowest BCUT2D eigenvalue weighted by Gasteiger charge is -2.11. The summed E-state index contributed by atoms with van der Waals surface area (Å²) in [6.45, 7) is 3.69. The van der Waals surface area contributed by atoms with Gasteiger partial charge in [-0.3, -0.25) is 4.79 Å². The molecule has 1 atom stereocenters. The van der Waals surface area contributed by atoms with E-state index in [9.17, 15) is 4.79 Å². The second-order valence-electron chi connectivity index (χ2n) is 5.38. The molecule has 0 bridgehead atoms. The molecule has 3 rings (SSSR count). The molecule has 0 saturated heterocycles. The Bertz CT molecular complexity index is 810. The monoisotopic (exact) mass is 322 g/mol. The standard InChI is InChI=1S/C19H18N2O3/c1-3-17(22)14-9-11-16(12-10-14)23-13(2)18-20-19(24-21-18)15-7-5-4-6-8-15/h4-13H,3H2,1-2H3/t13-/m0/s1. The summed E-state index contributed by atoms with van der Waals surface area (Å²) in [5.41, 5.74) is 1.55. The number of carbonyl (C=O) groups is 1. The summed E-state index contributed by atoms with van der Waals surface area (Å²) in [6.07, 6.45) is 0.126. The van der Waals surface area contributed by atoms with Crippen LogP contribution in [0.1, 0.15) is 42.6 Å². The number of hydrogen-bond acceptors (Lipinski definition) is 5. The number of ketones is 1. The van der Waals surface area contributed by atoms with E-state index in [4.69, 9.17) is 9.26 Å². The van der Waals surface area contributed by atoms with Gasteiger partial charge in [-0.2, -0.15) is 4.98 Å². The van der Waals surface area contributed by atoms with E-state index in [0.29, 0.717) is 29.4 Å². The number of Topliss-reactive ketones (excluding diaryl/α,β-unsaturated/α-hetero) is 1. The molecule has 0 radical (unpaired) electrons. The van der Waals surface area contributed by atoms with Crippen molar-refractivity contribution in [2.24, 2.45) is 0 Å². The number of rotatable bonds is 6. The Hall–Kier alpha value is -2.95. The quantitative estimate of drug-likeness (QED) is 0.626. The van der Waals surface area contributed by atoms with Crippen molar-refractivity contribution in [3.8, 4) is 17.2 Å². The van der Waals surface area contributed by atoms with Crippen LogP contribution in [-0.2, 0) is 0 Å². The molecule has 0 aliphatic heterocycles. The number of ether oxygens (including phenoxy) is 1. The van der Waals surface area contributed by atoms with Crippen LogP contribution >= 0.6 is 0 Å². The highest BCUT2D eigenvalue weighted by Gasteiger charge is 2.16. The van der Waals surface area contributed by atoms with Crippen molar-refractivity contribution in [1.29, 1.82) is 0 Å². The summed E-state index contributed by atoms with van der Waals surface area (Å²) in [5.74, 6) is 1.70. The van der Waals surface area contributed by atoms with Crippen LogP contribution in [0.3, 0.4) is 0 Å². The van der Waals surface area contributed by atoms with Gasteiger partial charge in [0.1, 0.15) is 5.75 Å². The molecular formula is C19H18N2O3. The van der Waals surface area contributed by atoms with Crippen molar-refractivity contribution in [2.45, 2.75) is 26.4 Å². The van der Waals surface area contributed by atoms with Gasteiger partial charge in [0.15, 0.2) is 11.9 Å². The Balaban J connectivity index is 1.70. The Morgan fingerprint density at radius 1 is 1.12 bits per heavy atom. The van der Waals surface area contributed by atoms with Crippen LogP contribution in [-0.4, -0.2) is 15.9 Å². The molecule has 24 heavy (non-hydrogen) atoms. The highest BCUT2D eigenvalue weighted by atomic mass is 16.5. The molecule has 0 amide bonds. The smallest absolute Gasteiger partial charge is 0.258 e. The largest absolute Gasteiger partial charge is 0.483 e. The predicted molar refractivity (Wildman–Crippen MR) is 89.8 cm³/mol. The summed E-state index contributed by atoms with van der Waals surface area (Å²) in [7, 11) is 0. The molecule has 1 heterocycles. The molecule has 1 aromatic heterocycles. The highest BCUT2D eigenvalue weighted by molar-refractivity contribution is 5.95. The van der Waals surface area contributed by atoms with Gasteiger partial charge in [0.2, 0.25) is 5.82 Å². The van der Waals surface area contributed by atoms with Crippen LogP contribution in [0.15, 0.2) is 59.1 Å². The van der Waals surface area contributed by atoms with E-state index in [0.717, 1.165) is 5.56 Å².